The quantitative estimate of drug-likeness (QED) is 0.866. The smallest absolute Gasteiger partial charge is 0.275 e. The van der Waals surface area contributed by atoms with Crippen LogP contribution in [0.25, 0.3) is 12.2 Å². The van der Waals surface area contributed by atoms with Crippen molar-refractivity contribution in [2.75, 3.05) is 19.6 Å². The molecule has 2 aromatic rings. The van der Waals surface area contributed by atoms with Crippen molar-refractivity contribution in [1.82, 2.24) is 4.90 Å². The normalized spacial score (nSPS) is 18.0. The molecule has 0 bridgehead atoms. The van der Waals surface area contributed by atoms with Crippen LogP contribution in [0.4, 0.5) is 0 Å². The first-order chi connectivity index (χ1) is 12.2. The molecule has 0 unspecified atom stereocenters. The number of likely N-dealkylation sites (tertiary alicyclic amines) is 1. The van der Waals surface area contributed by atoms with E-state index in [1.165, 1.54) is 19.3 Å². The average molecular weight is 330 g/mol. The molecule has 0 aromatic heterocycles. The van der Waals surface area contributed by atoms with Gasteiger partial charge in [-0.1, -0.05) is 49.4 Å². The molecule has 2 aromatic carbocycles. The van der Waals surface area contributed by atoms with Crippen LogP contribution in [0.1, 0.15) is 30.4 Å². The predicted octanol–water partition coefficient (Wildman–Crippen LogP) is 2.54. The third-order valence-corrected chi connectivity index (χ3v) is 5.01. The Labute approximate surface area is 148 Å². The SMILES string of the molecule is C=c1ccc2c(c1)C(c1ccccc1)=C(CN1CCCCC1)C(=O)N=2. The number of rotatable bonds is 3. The highest BCUT2D eigenvalue weighted by Crippen LogP contribution is 2.28. The summed E-state index contributed by atoms with van der Waals surface area (Å²) in [6, 6.07) is 16.0. The second-order valence-corrected chi connectivity index (χ2v) is 6.82. The van der Waals surface area contributed by atoms with E-state index in [9.17, 15) is 4.79 Å². The minimum atomic E-state index is -0.103. The van der Waals surface area contributed by atoms with Gasteiger partial charge in [-0.3, -0.25) is 9.69 Å². The minimum absolute atomic E-state index is 0.103. The van der Waals surface area contributed by atoms with E-state index in [0.29, 0.717) is 6.54 Å². The summed E-state index contributed by atoms with van der Waals surface area (Å²) < 4.78 is 0. The standard InChI is InChI=1S/C22H22N2O/c1-16-10-11-20-18(14-16)21(17-8-4-2-5-9-17)19(22(25)23-20)15-24-12-6-3-7-13-24/h2,4-5,8-11,14H,1,3,6-7,12-13,15H2. The number of carbonyl (C=O) groups is 1. The number of carbonyl (C=O) groups excluding carboxylic acids is 1. The molecule has 3 nitrogen and oxygen atoms in total. The van der Waals surface area contributed by atoms with Gasteiger partial charge in [-0.15, -0.1) is 0 Å². The first-order valence-electron chi connectivity index (χ1n) is 8.96. The summed E-state index contributed by atoms with van der Waals surface area (Å²) in [4.78, 5) is 19.6. The van der Waals surface area contributed by atoms with Crippen molar-refractivity contribution in [3.8, 4) is 0 Å². The summed E-state index contributed by atoms with van der Waals surface area (Å²) in [5.41, 5.74) is 3.92. The van der Waals surface area contributed by atoms with Crippen molar-refractivity contribution < 1.29 is 4.79 Å². The molecule has 2 aliphatic rings. The van der Waals surface area contributed by atoms with Gasteiger partial charge in [-0.05, 0) is 48.8 Å². The Kier molecular flexibility index (Phi) is 4.33. The molecule has 25 heavy (non-hydrogen) atoms. The zero-order valence-corrected chi connectivity index (χ0v) is 14.4. The molecule has 1 saturated heterocycles. The zero-order chi connectivity index (χ0) is 17.2. The minimum Gasteiger partial charge on any atom is -0.299 e. The maximum absolute atomic E-state index is 12.8. The van der Waals surface area contributed by atoms with Crippen LogP contribution in [-0.2, 0) is 4.79 Å². The van der Waals surface area contributed by atoms with E-state index < -0.39 is 0 Å². The van der Waals surface area contributed by atoms with E-state index in [0.717, 1.165) is 45.9 Å². The highest BCUT2D eigenvalue weighted by Gasteiger charge is 2.25. The molecule has 3 heteroatoms. The van der Waals surface area contributed by atoms with Gasteiger partial charge in [0.1, 0.15) is 0 Å². The highest BCUT2D eigenvalue weighted by molar-refractivity contribution is 6.07. The van der Waals surface area contributed by atoms with Crippen LogP contribution in [-0.4, -0.2) is 30.4 Å². The van der Waals surface area contributed by atoms with Crippen LogP contribution in [0, 0.1) is 0 Å². The van der Waals surface area contributed by atoms with Crippen LogP contribution < -0.4 is 10.6 Å². The van der Waals surface area contributed by atoms with Crippen LogP contribution >= 0.6 is 0 Å². The van der Waals surface area contributed by atoms with E-state index in [-0.39, 0.29) is 5.91 Å². The molecule has 4 rings (SSSR count). The van der Waals surface area contributed by atoms with Crippen LogP contribution in [0.2, 0.25) is 0 Å². The van der Waals surface area contributed by atoms with E-state index in [1.54, 1.807) is 0 Å². The third-order valence-electron chi connectivity index (χ3n) is 5.01. The highest BCUT2D eigenvalue weighted by atomic mass is 16.1. The summed E-state index contributed by atoms with van der Waals surface area (Å²) in [5.74, 6) is -0.103. The van der Waals surface area contributed by atoms with E-state index >= 15 is 0 Å². The molecule has 2 heterocycles. The zero-order valence-electron chi connectivity index (χ0n) is 14.4. The third kappa shape index (κ3) is 3.20. The summed E-state index contributed by atoms with van der Waals surface area (Å²) in [6.07, 6.45) is 3.70. The van der Waals surface area contributed by atoms with Crippen molar-refractivity contribution >= 4 is 18.1 Å². The monoisotopic (exact) mass is 330 g/mol. The fourth-order valence-corrected chi connectivity index (χ4v) is 3.75. The number of benzene rings is 2. The van der Waals surface area contributed by atoms with Gasteiger partial charge < -0.3 is 0 Å². The largest absolute Gasteiger partial charge is 0.299 e. The Balaban J connectivity index is 1.88. The molecule has 126 valence electrons. The molecule has 1 fully saturated rings. The Morgan fingerprint density at radius 1 is 1.00 bits per heavy atom. The van der Waals surface area contributed by atoms with Crippen LogP contribution in [0.3, 0.4) is 0 Å². The lowest BCUT2D eigenvalue weighted by molar-refractivity contribution is -0.114. The maximum atomic E-state index is 12.8. The molecule has 0 radical (unpaired) electrons. The lowest BCUT2D eigenvalue weighted by Crippen LogP contribution is -2.35. The lowest BCUT2D eigenvalue weighted by Gasteiger charge is -2.28. The number of nitrogens with zero attached hydrogens (tertiary/aromatic N) is 2. The molecule has 0 atom stereocenters. The molecular weight excluding hydrogens is 308 g/mol. The molecule has 0 aliphatic carbocycles. The predicted molar refractivity (Wildman–Crippen MR) is 101 cm³/mol. The lowest BCUT2D eigenvalue weighted by atomic mass is 9.89. The van der Waals surface area contributed by atoms with E-state index in [1.807, 2.05) is 36.4 Å². The van der Waals surface area contributed by atoms with Gasteiger partial charge >= 0.3 is 0 Å². The van der Waals surface area contributed by atoms with Crippen LogP contribution in [0.5, 0.6) is 0 Å². The van der Waals surface area contributed by atoms with Gasteiger partial charge in [0.15, 0.2) is 0 Å². The van der Waals surface area contributed by atoms with Gasteiger partial charge in [0, 0.05) is 23.3 Å². The summed E-state index contributed by atoms with van der Waals surface area (Å²) in [7, 11) is 0. The van der Waals surface area contributed by atoms with Crippen molar-refractivity contribution in [2.24, 2.45) is 4.99 Å². The van der Waals surface area contributed by atoms with Gasteiger partial charge in [-0.2, -0.15) is 0 Å². The fraction of sp³-hybridized carbons (Fsp3) is 0.273. The molecule has 0 saturated carbocycles. The van der Waals surface area contributed by atoms with Gasteiger partial charge in [-0.25, -0.2) is 4.99 Å². The second-order valence-electron chi connectivity index (χ2n) is 6.82. The molecular formula is C22H22N2O. The number of fused-ring (bicyclic) bond motifs is 1. The number of hydrogen-bond donors (Lipinski definition) is 0. The van der Waals surface area contributed by atoms with Crippen molar-refractivity contribution in [1.29, 1.82) is 0 Å². The Bertz CT molecular complexity index is 938. The van der Waals surface area contributed by atoms with Crippen molar-refractivity contribution in [3.05, 3.63) is 75.8 Å². The van der Waals surface area contributed by atoms with Crippen LogP contribution in [0.15, 0.2) is 59.1 Å². The van der Waals surface area contributed by atoms with E-state index in [4.69, 9.17) is 0 Å². The Morgan fingerprint density at radius 3 is 2.52 bits per heavy atom. The molecule has 1 amide bonds. The Morgan fingerprint density at radius 2 is 1.76 bits per heavy atom. The maximum Gasteiger partial charge on any atom is 0.275 e. The van der Waals surface area contributed by atoms with Gasteiger partial charge in [0.25, 0.3) is 5.91 Å². The first kappa shape index (κ1) is 16.0. The summed E-state index contributed by atoms with van der Waals surface area (Å²) >= 11 is 0. The average Bonchev–Trinajstić information content (AvgIpc) is 2.64. The molecule has 2 aliphatic heterocycles. The molecule has 0 N–H and O–H groups in total. The number of piperidine rings is 1. The van der Waals surface area contributed by atoms with E-state index in [2.05, 4.69) is 28.6 Å². The van der Waals surface area contributed by atoms with Crippen molar-refractivity contribution in [3.63, 3.8) is 0 Å². The second kappa shape index (κ2) is 6.77. The molecule has 0 spiro atoms. The van der Waals surface area contributed by atoms with Crippen molar-refractivity contribution in [2.45, 2.75) is 19.3 Å². The number of hydrogen-bond acceptors (Lipinski definition) is 2. The fourth-order valence-electron chi connectivity index (χ4n) is 3.75. The topological polar surface area (TPSA) is 32.7 Å². The Hall–Kier alpha value is -2.52. The summed E-state index contributed by atoms with van der Waals surface area (Å²) in [5, 5.41) is 1.69. The first-order valence-corrected chi connectivity index (χ1v) is 8.96. The number of amides is 1. The van der Waals surface area contributed by atoms with Gasteiger partial charge in [0.05, 0.1) is 5.36 Å². The van der Waals surface area contributed by atoms with Gasteiger partial charge in [0.2, 0.25) is 0 Å². The summed E-state index contributed by atoms with van der Waals surface area (Å²) in [6.45, 7) is 6.84.